The monoisotopic (exact) mass is 184 g/mol. The first-order valence-electron chi connectivity index (χ1n) is 4.09. The van der Waals surface area contributed by atoms with E-state index in [-0.39, 0.29) is 5.57 Å². The van der Waals surface area contributed by atoms with Crippen molar-refractivity contribution in [3.63, 3.8) is 0 Å². The van der Waals surface area contributed by atoms with Crippen LogP contribution in [0.1, 0.15) is 20.8 Å². The average molecular weight is 184 g/mol. The standard InChI is InChI=1S/C9H12O4/c1-4-12-8(11)6-5-7(10)13-9(6,2)3/h5H,4H2,1-3H3. The molecule has 0 aromatic rings. The highest BCUT2D eigenvalue weighted by Gasteiger charge is 2.39. The molecule has 1 heterocycles. The third-order valence-electron chi connectivity index (χ3n) is 1.76. The maximum atomic E-state index is 11.3. The molecule has 0 fully saturated rings. The topological polar surface area (TPSA) is 52.6 Å². The summed E-state index contributed by atoms with van der Waals surface area (Å²) in [5, 5.41) is 0. The summed E-state index contributed by atoms with van der Waals surface area (Å²) in [5.41, 5.74) is -0.581. The van der Waals surface area contributed by atoms with Crippen LogP contribution in [-0.2, 0) is 19.1 Å². The number of hydrogen-bond acceptors (Lipinski definition) is 4. The van der Waals surface area contributed by atoms with E-state index < -0.39 is 17.5 Å². The van der Waals surface area contributed by atoms with Crippen LogP contribution in [0, 0.1) is 0 Å². The van der Waals surface area contributed by atoms with Crippen molar-refractivity contribution in [1.82, 2.24) is 0 Å². The molecule has 0 spiro atoms. The minimum absolute atomic E-state index is 0.277. The molecule has 0 N–H and O–H groups in total. The summed E-state index contributed by atoms with van der Waals surface area (Å²) in [6, 6.07) is 0. The van der Waals surface area contributed by atoms with Gasteiger partial charge in [-0.1, -0.05) is 0 Å². The molecule has 0 bridgehead atoms. The van der Waals surface area contributed by atoms with E-state index in [2.05, 4.69) is 0 Å². The molecule has 0 atom stereocenters. The van der Waals surface area contributed by atoms with Crippen molar-refractivity contribution in [3.05, 3.63) is 11.6 Å². The highest BCUT2D eigenvalue weighted by Crippen LogP contribution is 2.27. The maximum absolute atomic E-state index is 11.3. The van der Waals surface area contributed by atoms with Crippen LogP contribution in [-0.4, -0.2) is 24.1 Å². The Morgan fingerprint density at radius 2 is 2.23 bits per heavy atom. The zero-order valence-electron chi connectivity index (χ0n) is 7.92. The first-order valence-corrected chi connectivity index (χ1v) is 4.09. The van der Waals surface area contributed by atoms with Gasteiger partial charge in [0.2, 0.25) is 0 Å². The Balaban J connectivity index is 2.84. The number of carbonyl (C=O) groups is 2. The van der Waals surface area contributed by atoms with E-state index in [1.807, 2.05) is 0 Å². The molecule has 0 radical (unpaired) electrons. The van der Waals surface area contributed by atoms with Gasteiger partial charge >= 0.3 is 11.9 Å². The van der Waals surface area contributed by atoms with Crippen molar-refractivity contribution in [2.45, 2.75) is 26.4 Å². The van der Waals surface area contributed by atoms with Crippen LogP contribution in [0.25, 0.3) is 0 Å². The molecule has 1 aliphatic rings. The van der Waals surface area contributed by atoms with Gasteiger partial charge in [0, 0.05) is 6.08 Å². The summed E-state index contributed by atoms with van der Waals surface area (Å²) in [4.78, 5) is 22.2. The summed E-state index contributed by atoms with van der Waals surface area (Å²) < 4.78 is 9.67. The van der Waals surface area contributed by atoms with Crippen LogP contribution >= 0.6 is 0 Å². The van der Waals surface area contributed by atoms with Crippen molar-refractivity contribution < 1.29 is 19.1 Å². The molecule has 0 aliphatic carbocycles. The Morgan fingerprint density at radius 3 is 2.62 bits per heavy atom. The summed E-state index contributed by atoms with van der Waals surface area (Å²) in [7, 11) is 0. The molecule has 0 unspecified atom stereocenters. The van der Waals surface area contributed by atoms with Crippen LogP contribution < -0.4 is 0 Å². The van der Waals surface area contributed by atoms with Crippen LogP contribution in [0.15, 0.2) is 11.6 Å². The molecular weight excluding hydrogens is 172 g/mol. The SMILES string of the molecule is CCOC(=O)C1=CC(=O)OC1(C)C. The van der Waals surface area contributed by atoms with E-state index in [0.717, 1.165) is 0 Å². The number of esters is 2. The predicted octanol–water partition coefficient (Wildman–Crippen LogP) is 0.811. The Morgan fingerprint density at radius 1 is 1.62 bits per heavy atom. The molecule has 0 saturated carbocycles. The molecule has 1 rings (SSSR count). The van der Waals surface area contributed by atoms with Gasteiger partial charge in [-0.2, -0.15) is 0 Å². The van der Waals surface area contributed by atoms with Gasteiger partial charge in [0.15, 0.2) is 0 Å². The first-order chi connectivity index (χ1) is 5.97. The van der Waals surface area contributed by atoms with Gasteiger partial charge < -0.3 is 9.47 Å². The van der Waals surface area contributed by atoms with E-state index in [0.29, 0.717) is 6.61 Å². The third kappa shape index (κ3) is 1.88. The zero-order valence-corrected chi connectivity index (χ0v) is 7.92. The second-order valence-electron chi connectivity index (χ2n) is 3.21. The van der Waals surface area contributed by atoms with Crippen LogP contribution in [0.2, 0.25) is 0 Å². The van der Waals surface area contributed by atoms with Gasteiger partial charge in [-0.3, -0.25) is 0 Å². The molecule has 1 aliphatic heterocycles. The Labute approximate surface area is 76.5 Å². The first kappa shape index (κ1) is 9.77. The highest BCUT2D eigenvalue weighted by atomic mass is 16.6. The van der Waals surface area contributed by atoms with E-state index in [1.165, 1.54) is 6.08 Å². The van der Waals surface area contributed by atoms with Gasteiger partial charge in [-0.15, -0.1) is 0 Å². The Kier molecular flexibility index (Phi) is 2.40. The zero-order chi connectivity index (χ0) is 10.1. The van der Waals surface area contributed by atoms with E-state index in [1.54, 1.807) is 20.8 Å². The highest BCUT2D eigenvalue weighted by molar-refractivity contribution is 6.01. The Hall–Kier alpha value is -1.32. The predicted molar refractivity (Wildman–Crippen MR) is 44.9 cm³/mol. The summed E-state index contributed by atoms with van der Waals surface area (Å²) in [6.07, 6.45) is 1.18. The maximum Gasteiger partial charge on any atom is 0.338 e. The van der Waals surface area contributed by atoms with Crippen LogP contribution in [0.4, 0.5) is 0 Å². The summed E-state index contributed by atoms with van der Waals surface area (Å²) >= 11 is 0. The fourth-order valence-corrected chi connectivity index (χ4v) is 1.14. The molecule has 0 aromatic heterocycles. The van der Waals surface area contributed by atoms with Gasteiger partial charge in [0.1, 0.15) is 5.60 Å². The number of hydrogen-bond donors (Lipinski definition) is 0. The molecule has 0 saturated heterocycles. The lowest BCUT2D eigenvalue weighted by Crippen LogP contribution is -2.28. The lowest BCUT2D eigenvalue weighted by molar-refractivity contribution is -0.146. The lowest BCUT2D eigenvalue weighted by Gasteiger charge is -2.19. The second-order valence-corrected chi connectivity index (χ2v) is 3.21. The van der Waals surface area contributed by atoms with E-state index in [4.69, 9.17) is 9.47 Å². The molecule has 13 heavy (non-hydrogen) atoms. The van der Waals surface area contributed by atoms with Gasteiger partial charge in [-0.05, 0) is 20.8 Å². The lowest BCUT2D eigenvalue weighted by atomic mass is 10.00. The quantitative estimate of drug-likeness (QED) is 0.596. The Bertz CT molecular complexity index is 275. The van der Waals surface area contributed by atoms with Crippen molar-refractivity contribution in [3.8, 4) is 0 Å². The van der Waals surface area contributed by atoms with E-state index >= 15 is 0 Å². The number of cyclic esters (lactones) is 1. The summed E-state index contributed by atoms with van der Waals surface area (Å²) in [6.45, 7) is 5.31. The van der Waals surface area contributed by atoms with Crippen molar-refractivity contribution in [2.24, 2.45) is 0 Å². The normalized spacial score (nSPS) is 19.3. The molecule has 4 heteroatoms. The smallest absolute Gasteiger partial charge is 0.338 e. The third-order valence-corrected chi connectivity index (χ3v) is 1.76. The fourth-order valence-electron chi connectivity index (χ4n) is 1.14. The van der Waals surface area contributed by atoms with Crippen LogP contribution in [0.5, 0.6) is 0 Å². The number of rotatable bonds is 2. The van der Waals surface area contributed by atoms with Crippen molar-refractivity contribution in [1.29, 1.82) is 0 Å². The van der Waals surface area contributed by atoms with Crippen molar-refractivity contribution >= 4 is 11.9 Å². The van der Waals surface area contributed by atoms with Gasteiger partial charge in [-0.25, -0.2) is 9.59 Å². The minimum atomic E-state index is -0.858. The summed E-state index contributed by atoms with van der Waals surface area (Å²) in [5.74, 6) is -0.980. The van der Waals surface area contributed by atoms with Gasteiger partial charge in [0.05, 0.1) is 12.2 Å². The average Bonchev–Trinajstić information content (AvgIpc) is 2.24. The molecular formula is C9H12O4. The minimum Gasteiger partial charge on any atom is -0.463 e. The van der Waals surface area contributed by atoms with Crippen LogP contribution in [0.3, 0.4) is 0 Å². The largest absolute Gasteiger partial charge is 0.463 e. The van der Waals surface area contributed by atoms with Gasteiger partial charge in [0.25, 0.3) is 0 Å². The second kappa shape index (κ2) is 3.20. The fraction of sp³-hybridized carbons (Fsp3) is 0.556. The van der Waals surface area contributed by atoms with E-state index in [9.17, 15) is 9.59 Å². The molecule has 4 nitrogen and oxygen atoms in total. The number of carbonyl (C=O) groups excluding carboxylic acids is 2. The molecule has 0 amide bonds. The van der Waals surface area contributed by atoms with Crippen molar-refractivity contribution in [2.75, 3.05) is 6.61 Å². The molecule has 72 valence electrons. The number of ether oxygens (including phenoxy) is 2. The molecule has 0 aromatic carbocycles.